The van der Waals surface area contributed by atoms with Crippen LogP contribution in [0.1, 0.15) is 5.56 Å². The summed E-state index contributed by atoms with van der Waals surface area (Å²) in [5.74, 6) is 0.610. The fourth-order valence-corrected chi connectivity index (χ4v) is 2.43. The van der Waals surface area contributed by atoms with E-state index < -0.39 is 19.7 Å². The van der Waals surface area contributed by atoms with Gasteiger partial charge in [-0.2, -0.15) is 0 Å². The summed E-state index contributed by atoms with van der Waals surface area (Å²) >= 11 is 0. The summed E-state index contributed by atoms with van der Waals surface area (Å²) < 4.78 is 16.2. The molecule has 122 valence electrons. The Morgan fingerprint density at radius 2 is 1.64 bits per heavy atom. The molecule has 0 heterocycles. The van der Waals surface area contributed by atoms with Gasteiger partial charge in [0.1, 0.15) is 11.5 Å². The van der Waals surface area contributed by atoms with Gasteiger partial charge in [0.05, 0.1) is 6.16 Å². The maximum absolute atomic E-state index is 11.2. The Morgan fingerprint density at radius 1 is 1.00 bits per heavy atom. The summed E-state index contributed by atoms with van der Waals surface area (Å²) in [5, 5.41) is 2.40. The Morgan fingerprint density at radius 3 is 2.28 bits per heavy atom. The van der Waals surface area contributed by atoms with E-state index in [0.29, 0.717) is 12.2 Å². The van der Waals surface area contributed by atoms with E-state index in [9.17, 15) is 19.1 Å². The normalized spacial score (nSPS) is 10.2. The van der Waals surface area contributed by atoms with E-state index in [-0.39, 0.29) is 109 Å². The molecule has 0 saturated carbocycles. The number of rotatable bonds is 7. The molecule has 0 saturated heterocycles. The molecule has 9 heteroatoms. The van der Waals surface area contributed by atoms with Crippen molar-refractivity contribution in [2.24, 2.45) is 0 Å². The minimum absolute atomic E-state index is 0. The first-order chi connectivity index (χ1) is 10.9. The van der Waals surface area contributed by atoms with E-state index >= 15 is 0 Å². The molecule has 0 fully saturated rings. The third kappa shape index (κ3) is 11.5. The molecule has 2 rings (SSSR count). The van der Waals surface area contributed by atoms with Crippen molar-refractivity contribution in [3.05, 3.63) is 60.2 Å². The molecule has 0 aliphatic rings. The summed E-state index contributed by atoms with van der Waals surface area (Å²) in [7, 11) is -4.81. The van der Waals surface area contributed by atoms with Crippen molar-refractivity contribution in [1.29, 1.82) is 0 Å². The zero-order valence-electron chi connectivity index (χ0n) is 14.3. The van der Waals surface area contributed by atoms with Crippen molar-refractivity contribution in [2.45, 2.75) is 6.42 Å². The first kappa shape index (κ1) is 26.1. The third-order valence-corrected chi connectivity index (χ3v) is 3.62. The molecule has 0 aliphatic heterocycles. The van der Waals surface area contributed by atoms with Crippen LogP contribution in [0.15, 0.2) is 54.6 Å². The fraction of sp³-hybridized carbons (Fsp3) is 0.188. The zero-order valence-corrected chi connectivity index (χ0v) is 21.4. The summed E-state index contributed by atoms with van der Waals surface area (Å²) in [6.45, 7) is 0.244. The second-order valence-corrected chi connectivity index (χ2v) is 6.47. The monoisotopic (exact) mass is 411 g/mol. The van der Waals surface area contributed by atoms with Gasteiger partial charge in [-0.25, -0.2) is 0 Å². The standard InChI is InChI=1S/C16H18NO5P.2K/c18-16(12-23(19,20)21)17-10-9-13-5-4-8-15(11-13)22-14-6-2-1-3-7-14;;/h1-8,11H,9-10,12H2,(H,17,18)(H2,19,20,21);;/q;2*+1/p-2. The average Bonchev–Trinajstić information content (AvgIpc) is 2.47. The van der Waals surface area contributed by atoms with Crippen LogP contribution in [0, 0.1) is 0 Å². The predicted octanol–water partition coefficient (Wildman–Crippen LogP) is -4.94. The van der Waals surface area contributed by atoms with Crippen LogP contribution >= 0.6 is 7.60 Å². The van der Waals surface area contributed by atoms with E-state index in [1.807, 2.05) is 54.6 Å². The van der Waals surface area contributed by atoms with Gasteiger partial charge in [-0.3, -0.25) is 4.79 Å². The van der Waals surface area contributed by atoms with E-state index in [2.05, 4.69) is 5.32 Å². The van der Waals surface area contributed by atoms with Gasteiger partial charge in [-0.1, -0.05) is 37.9 Å². The van der Waals surface area contributed by atoms with Gasteiger partial charge >= 0.3 is 103 Å². The molecule has 1 amide bonds. The summed E-state index contributed by atoms with van der Waals surface area (Å²) in [4.78, 5) is 32.2. The van der Waals surface area contributed by atoms with Gasteiger partial charge in [-0.15, -0.1) is 0 Å². The van der Waals surface area contributed by atoms with Crippen LogP contribution in [0.3, 0.4) is 0 Å². The maximum Gasteiger partial charge on any atom is 1.00 e. The number of carbonyl (C=O) groups is 1. The van der Waals surface area contributed by atoms with Crippen molar-refractivity contribution in [3.63, 3.8) is 0 Å². The number of para-hydroxylation sites is 1. The van der Waals surface area contributed by atoms with Gasteiger partial charge in [0.15, 0.2) is 0 Å². The van der Waals surface area contributed by atoms with E-state index in [1.54, 1.807) is 0 Å². The average molecular weight is 411 g/mol. The van der Waals surface area contributed by atoms with E-state index in [1.165, 1.54) is 0 Å². The van der Waals surface area contributed by atoms with Crippen LogP contribution in [0.25, 0.3) is 0 Å². The molecule has 0 spiro atoms. The molecule has 0 atom stereocenters. The largest absolute Gasteiger partial charge is 1.00 e. The van der Waals surface area contributed by atoms with Crippen molar-refractivity contribution in [1.82, 2.24) is 5.32 Å². The number of hydrogen-bond acceptors (Lipinski definition) is 5. The number of benzene rings is 2. The van der Waals surface area contributed by atoms with Crippen LogP contribution in [-0.4, -0.2) is 18.6 Å². The molecule has 2 aromatic rings. The quantitative estimate of drug-likeness (QED) is 0.363. The smallest absolute Gasteiger partial charge is 0.810 e. The SMILES string of the molecule is O=C(CP(=O)([O-])[O-])NCCc1cccc(Oc2ccccc2)c1.[K+].[K+]. The number of ether oxygens (including phenoxy) is 1. The summed E-state index contributed by atoms with van der Waals surface area (Å²) in [6, 6.07) is 16.7. The molecule has 25 heavy (non-hydrogen) atoms. The molecule has 0 unspecified atom stereocenters. The topological polar surface area (TPSA) is 102 Å². The summed E-state index contributed by atoms with van der Waals surface area (Å²) in [5.41, 5.74) is 0.922. The van der Waals surface area contributed by atoms with Crippen LogP contribution in [0.2, 0.25) is 0 Å². The Bertz CT molecular complexity index is 709. The van der Waals surface area contributed by atoms with Crippen LogP contribution in [0.5, 0.6) is 11.5 Å². The Hall–Kier alpha value is 1.13. The van der Waals surface area contributed by atoms with Crippen molar-refractivity contribution in [3.8, 4) is 11.5 Å². The van der Waals surface area contributed by atoms with Crippen molar-refractivity contribution >= 4 is 13.5 Å². The molecule has 0 radical (unpaired) electrons. The Labute approximate surface area is 232 Å². The number of hydrogen-bond donors (Lipinski definition) is 1. The number of amides is 1. The fourth-order valence-electron chi connectivity index (χ4n) is 1.97. The number of nitrogens with one attached hydrogen (secondary N) is 1. The molecular formula is C16H16K2NO5P. The molecular weight excluding hydrogens is 395 g/mol. The predicted molar refractivity (Wildman–Crippen MR) is 82.1 cm³/mol. The van der Waals surface area contributed by atoms with Gasteiger partial charge in [-0.05, 0) is 36.2 Å². The van der Waals surface area contributed by atoms with Crippen LogP contribution in [-0.2, 0) is 15.8 Å². The first-order valence-corrected chi connectivity index (χ1v) is 8.75. The first-order valence-electron chi connectivity index (χ1n) is 7.02. The number of carbonyl (C=O) groups excluding carboxylic acids is 1. The Balaban J connectivity index is 0.00000288. The minimum atomic E-state index is -4.81. The second kappa shape index (κ2) is 13.3. The Kier molecular flexibility index (Phi) is 13.9. The molecule has 2 aromatic carbocycles. The van der Waals surface area contributed by atoms with Crippen LogP contribution in [0.4, 0.5) is 0 Å². The molecule has 0 bridgehead atoms. The van der Waals surface area contributed by atoms with Crippen LogP contribution < -0.4 is 123 Å². The van der Waals surface area contributed by atoms with E-state index in [4.69, 9.17) is 4.74 Å². The minimum Gasteiger partial charge on any atom is -0.810 e. The summed E-state index contributed by atoms with van der Waals surface area (Å²) in [6.07, 6.45) is -0.510. The third-order valence-electron chi connectivity index (χ3n) is 2.95. The molecule has 1 N–H and O–H groups in total. The van der Waals surface area contributed by atoms with Gasteiger partial charge in [0, 0.05) is 6.54 Å². The zero-order chi connectivity index (χ0) is 16.7. The van der Waals surface area contributed by atoms with Crippen molar-refractivity contribution in [2.75, 3.05) is 12.7 Å². The maximum atomic E-state index is 11.2. The van der Waals surface area contributed by atoms with E-state index in [0.717, 1.165) is 11.3 Å². The van der Waals surface area contributed by atoms with Gasteiger partial charge < -0.3 is 24.4 Å². The second-order valence-electron chi connectivity index (χ2n) is 4.93. The molecule has 0 aromatic heterocycles. The van der Waals surface area contributed by atoms with Crippen molar-refractivity contribution < 1.29 is 127 Å². The molecule has 6 nitrogen and oxygen atoms in total. The van der Waals surface area contributed by atoms with Gasteiger partial charge in [0.25, 0.3) is 0 Å². The van der Waals surface area contributed by atoms with Gasteiger partial charge in [0.2, 0.25) is 5.91 Å². The molecule has 0 aliphatic carbocycles.